The molecule has 0 heterocycles. The van der Waals surface area contributed by atoms with Crippen LogP contribution >= 0.6 is 0 Å². The average Bonchev–Trinajstić information content (AvgIpc) is 3.30. The molecule has 0 fully saturated rings. The van der Waals surface area contributed by atoms with E-state index in [0.717, 1.165) is 38.5 Å². The second-order valence-electron chi connectivity index (χ2n) is 18.8. The minimum atomic E-state index is -5.08. The number of carbonyl (C=O) groups is 6. The number of alkyl halides is 3. The van der Waals surface area contributed by atoms with Crippen molar-refractivity contribution in [3.05, 3.63) is 0 Å². The van der Waals surface area contributed by atoms with Crippen molar-refractivity contribution in [2.24, 2.45) is 22.2 Å². The maximum Gasteiger partial charge on any atom is 0.490 e. The average molecular weight is 1010 g/mol. The molecule has 0 saturated carbocycles. The van der Waals surface area contributed by atoms with Crippen LogP contribution in [0.5, 0.6) is 0 Å². The highest BCUT2D eigenvalue weighted by Gasteiger charge is 2.38. The van der Waals surface area contributed by atoms with E-state index in [2.05, 4.69) is 34.8 Å². The maximum atomic E-state index is 13.3. The lowest BCUT2D eigenvalue weighted by atomic mass is 10.0. The summed E-state index contributed by atoms with van der Waals surface area (Å²) >= 11 is 0. The predicted octanol–water partition coefficient (Wildman–Crippen LogP) is 10.0. The molecule has 5 amide bonds. The summed E-state index contributed by atoms with van der Waals surface area (Å²) in [5.74, 6) is -4.31. The third-order valence-electron chi connectivity index (χ3n) is 12.2. The van der Waals surface area contributed by atoms with Crippen molar-refractivity contribution >= 4 is 41.5 Å². The van der Waals surface area contributed by atoms with Crippen LogP contribution in [0.4, 0.5) is 13.2 Å². The zero-order chi connectivity index (χ0) is 52.5. The van der Waals surface area contributed by atoms with Crippen molar-refractivity contribution in [2.75, 3.05) is 32.7 Å². The Morgan fingerprint density at radius 2 is 0.829 bits per heavy atom. The van der Waals surface area contributed by atoms with Gasteiger partial charge in [-0.1, -0.05) is 194 Å². The van der Waals surface area contributed by atoms with E-state index >= 15 is 0 Å². The Balaban J connectivity index is 0. The number of aliphatic imine (C=N–C) groups is 1. The monoisotopic (exact) mass is 1000 g/mol. The number of halogens is 3. The van der Waals surface area contributed by atoms with Crippen LogP contribution in [0, 0.1) is 0 Å². The van der Waals surface area contributed by atoms with E-state index in [1.165, 1.54) is 154 Å². The molecule has 1 atom stereocenters. The lowest BCUT2D eigenvalue weighted by Crippen LogP contribution is -2.45. The fraction of sp³-hybridized carbons (Fsp3) is 0.865. The lowest BCUT2D eigenvalue weighted by Gasteiger charge is -2.23. The first-order chi connectivity index (χ1) is 33.5. The summed E-state index contributed by atoms with van der Waals surface area (Å²) in [6, 6.07) is -0.905. The van der Waals surface area contributed by atoms with Gasteiger partial charge in [0.1, 0.15) is 6.04 Å². The molecule has 0 radical (unpaired) electrons. The minimum Gasteiger partial charge on any atom is -0.475 e. The lowest BCUT2D eigenvalue weighted by molar-refractivity contribution is -0.192. The number of nitrogens with one attached hydrogen (secondary N) is 3. The van der Waals surface area contributed by atoms with Gasteiger partial charge in [0.25, 0.3) is 0 Å². The summed E-state index contributed by atoms with van der Waals surface area (Å²) in [5.41, 5.74) is 16.2. The minimum absolute atomic E-state index is 0.0365. The number of unbranched alkanes of at least 4 members (excludes halogenated alkanes) is 28. The van der Waals surface area contributed by atoms with Gasteiger partial charge in [-0.05, 0) is 25.7 Å². The zero-order valence-corrected chi connectivity index (χ0v) is 43.7. The number of hydrogen-bond acceptors (Lipinski definition) is 7. The molecule has 0 aliphatic heterocycles. The Kier molecular flexibility index (Phi) is 47.1. The van der Waals surface area contributed by atoms with Crippen LogP contribution in [-0.4, -0.2) is 96.4 Å². The quantitative estimate of drug-likeness (QED) is 0.0174. The molecule has 18 heteroatoms. The van der Waals surface area contributed by atoms with Crippen molar-refractivity contribution in [2.45, 2.75) is 257 Å². The van der Waals surface area contributed by atoms with Gasteiger partial charge in [0, 0.05) is 58.4 Å². The molecule has 0 aromatic heterocycles. The SMILES string of the molecule is CCCCCCCCCCCCCCCCCC(=O)NCCN(CCNC(=O)CCCCCCCCCCCCCCCCC)C(=O)CCC(=O)N[C@@H](CCCN=C(N)N)C(N)=O.O=C(O)C(F)(F)F. The van der Waals surface area contributed by atoms with Gasteiger partial charge in [0.2, 0.25) is 29.5 Å². The predicted molar refractivity (Wildman–Crippen MR) is 276 cm³/mol. The van der Waals surface area contributed by atoms with Gasteiger partial charge in [0.15, 0.2) is 5.96 Å². The summed E-state index contributed by atoms with van der Waals surface area (Å²) < 4.78 is 31.7. The normalized spacial score (nSPS) is 11.5. The number of carboxylic acid groups (broad SMARTS) is 1. The number of rotatable bonds is 47. The van der Waals surface area contributed by atoms with Gasteiger partial charge < -0.3 is 43.2 Å². The van der Waals surface area contributed by atoms with Crippen molar-refractivity contribution in [1.29, 1.82) is 0 Å². The second kappa shape index (κ2) is 48.5. The van der Waals surface area contributed by atoms with Crippen LogP contribution in [0.15, 0.2) is 4.99 Å². The topological polar surface area (TPSA) is 252 Å². The number of hydrogen-bond donors (Lipinski definition) is 7. The molecule has 410 valence electrons. The molecule has 0 aromatic carbocycles. The van der Waals surface area contributed by atoms with Crippen molar-refractivity contribution in [1.82, 2.24) is 20.9 Å². The van der Waals surface area contributed by atoms with E-state index in [0.29, 0.717) is 25.8 Å². The van der Waals surface area contributed by atoms with Gasteiger partial charge in [-0.2, -0.15) is 13.2 Å². The highest BCUT2D eigenvalue weighted by Crippen LogP contribution is 2.16. The summed E-state index contributed by atoms with van der Waals surface area (Å²) in [6.07, 6.45) is 34.4. The Labute approximate surface area is 420 Å². The molecule has 0 spiro atoms. The van der Waals surface area contributed by atoms with Crippen molar-refractivity contribution in [3.63, 3.8) is 0 Å². The molecular formula is C52H99F3N8O7. The molecule has 70 heavy (non-hydrogen) atoms. The van der Waals surface area contributed by atoms with E-state index < -0.39 is 30.0 Å². The Hall–Kier alpha value is -4.12. The summed E-state index contributed by atoms with van der Waals surface area (Å²) in [7, 11) is 0. The van der Waals surface area contributed by atoms with Crippen LogP contribution in [0.1, 0.15) is 245 Å². The summed E-state index contributed by atoms with van der Waals surface area (Å²) in [5, 5.41) is 15.6. The van der Waals surface area contributed by atoms with E-state index in [4.69, 9.17) is 27.1 Å². The zero-order valence-electron chi connectivity index (χ0n) is 43.7. The standard InChI is InChI=1S/C50H98N8O5.C2HF3O2/c1-3-5-7-9-11-13-15-17-19-21-23-25-27-29-31-35-45(59)54-40-42-58(48(62)38-37-47(61)57-44(49(51)63)34-33-39-56-50(52)53)43-41-55-46(60)36-32-30-28-26-24-22-20-18-16-14-12-10-8-6-4-2;3-2(4,5)1(6)7/h44H,3-43H2,1-2H3,(H2,51,63)(H,54,59)(H,55,60)(H,57,61)(H4,52,53,56);(H,6,7)/t44-;/m0./s1. The van der Waals surface area contributed by atoms with Crippen molar-refractivity contribution < 1.29 is 47.0 Å². The Morgan fingerprint density at radius 1 is 0.500 bits per heavy atom. The van der Waals surface area contributed by atoms with E-state index in [1.807, 2.05) is 0 Å². The number of nitrogens with zero attached hydrogens (tertiary/aromatic N) is 2. The molecule has 15 nitrogen and oxygen atoms in total. The molecule has 0 saturated heterocycles. The van der Waals surface area contributed by atoms with E-state index in [1.54, 1.807) is 4.90 Å². The number of primary amides is 1. The van der Waals surface area contributed by atoms with Gasteiger partial charge in [-0.15, -0.1) is 0 Å². The number of carboxylic acids is 1. The molecule has 0 rings (SSSR count). The van der Waals surface area contributed by atoms with Crippen LogP contribution in [0.25, 0.3) is 0 Å². The fourth-order valence-corrected chi connectivity index (χ4v) is 7.95. The number of aliphatic carboxylic acids is 1. The number of carbonyl (C=O) groups excluding carboxylic acids is 5. The molecule has 0 aromatic rings. The first-order valence-electron chi connectivity index (χ1n) is 27.3. The smallest absolute Gasteiger partial charge is 0.475 e. The first-order valence-corrected chi connectivity index (χ1v) is 27.3. The third kappa shape index (κ3) is 48.9. The van der Waals surface area contributed by atoms with Crippen LogP contribution in [0.3, 0.4) is 0 Å². The van der Waals surface area contributed by atoms with Crippen LogP contribution < -0.4 is 33.2 Å². The van der Waals surface area contributed by atoms with Crippen LogP contribution in [0.2, 0.25) is 0 Å². The molecule has 0 aliphatic rings. The van der Waals surface area contributed by atoms with Gasteiger partial charge in [-0.3, -0.25) is 29.0 Å². The maximum absolute atomic E-state index is 13.3. The molecule has 0 aliphatic carbocycles. The summed E-state index contributed by atoms with van der Waals surface area (Å²) in [6.45, 7) is 5.89. The fourth-order valence-electron chi connectivity index (χ4n) is 7.95. The van der Waals surface area contributed by atoms with Gasteiger partial charge >= 0.3 is 12.1 Å². The largest absolute Gasteiger partial charge is 0.490 e. The second-order valence-corrected chi connectivity index (χ2v) is 18.8. The van der Waals surface area contributed by atoms with E-state index in [-0.39, 0.29) is 69.1 Å². The Bertz CT molecular complexity index is 1320. The summed E-state index contributed by atoms with van der Waals surface area (Å²) in [4.78, 5) is 77.6. The first kappa shape index (κ1) is 68.0. The van der Waals surface area contributed by atoms with Crippen LogP contribution in [-0.2, 0) is 28.8 Å². The number of nitrogens with two attached hydrogens (primary N) is 3. The number of amides is 5. The van der Waals surface area contributed by atoms with Crippen molar-refractivity contribution in [3.8, 4) is 0 Å². The van der Waals surface area contributed by atoms with Gasteiger partial charge in [0.05, 0.1) is 0 Å². The molecule has 10 N–H and O–H groups in total. The third-order valence-corrected chi connectivity index (χ3v) is 12.2. The highest BCUT2D eigenvalue weighted by molar-refractivity contribution is 5.88. The molecular weight excluding hydrogens is 906 g/mol. The van der Waals surface area contributed by atoms with E-state index in [9.17, 15) is 37.1 Å². The Morgan fingerprint density at radius 3 is 1.13 bits per heavy atom. The highest BCUT2D eigenvalue weighted by atomic mass is 19.4. The van der Waals surface area contributed by atoms with Gasteiger partial charge in [-0.25, -0.2) is 4.79 Å². The number of guanidine groups is 1. The molecule has 0 unspecified atom stereocenters. The molecule has 0 bridgehead atoms.